The highest BCUT2D eigenvalue weighted by Crippen LogP contribution is 2.10. The number of nitrogen functional groups attached to an aromatic ring is 1. The Morgan fingerprint density at radius 1 is 1.75 bits per heavy atom. The van der Waals surface area contributed by atoms with Gasteiger partial charge in [-0.3, -0.25) is 9.48 Å². The molecule has 7 heteroatoms. The lowest BCUT2D eigenvalue weighted by molar-refractivity contribution is 0.0926. The van der Waals surface area contributed by atoms with Crippen LogP contribution in [-0.4, -0.2) is 42.6 Å². The summed E-state index contributed by atoms with van der Waals surface area (Å²) < 4.78 is 18.2. The number of carbonyl (C=O) groups is 1. The monoisotopic (exact) mass is 230 g/mol. The van der Waals surface area contributed by atoms with Crippen LogP contribution in [0.15, 0.2) is 6.20 Å². The predicted molar refractivity (Wildman–Crippen MR) is 56.8 cm³/mol. The lowest BCUT2D eigenvalue weighted by atomic mass is 10.3. The van der Waals surface area contributed by atoms with E-state index in [4.69, 9.17) is 10.5 Å². The molecule has 0 aliphatic rings. The van der Waals surface area contributed by atoms with E-state index in [0.29, 0.717) is 13.2 Å². The van der Waals surface area contributed by atoms with Crippen LogP contribution in [0.5, 0.6) is 0 Å². The molecule has 0 saturated carbocycles. The van der Waals surface area contributed by atoms with Gasteiger partial charge in [0.1, 0.15) is 12.4 Å². The number of nitrogens with two attached hydrogens (primary N) is 1. The van der Waals surface area contributed by atoms with Gasteiger partial charge in [-0.1, -0.05) is 0 Å². The van der Waals surface area contributed by atoms with E-state index in [2.05, 4.69) is 10.4 Å². The van der Waals surface area contributed by atoms with Crippen molar-refractivity contribution in [2.24, 2.45) is 0 Å². The van der Waals surface area contributed by atoms with Crippen LogP contribution in [0.4, 0.5) is 10.1 Å². The molecule has 0 aliphatic carbocycles. The molecule has 16 heavy (non-hydrogen) atoms. The molecule has 0 saturated heterocycles. The number of hydrogen-bond acceptors (Lipinski definition) is 4. The topological polar surface area (TPSA) is 82.2 Å². The fraction of sp³-hybridized carbons (Fsp3) is 0.556. The van der Waals surface area contributed by atoms with Gasteiger partial charge in [-0.15, -0.1) is 0 Å². The average molecular weight is 230 g/mol. The lowest BCUT2D eigenvalue weighted by Gasteiger charge is -2.07. The summed E-state index contributed by atoms with van der Waals surface area (Å²) in [5, 5.41) is 6.41. The van der Waals surface area contributed by atoms with Crippen LogP contribution in [0.2, 0.25) is 0 Å². The fourth-order valence-electron chi connectivity index (χ4n) is 1.25. The van der Waals surface area contributed by atoms with Crippen molar-refractivity contribution >= 4 is 11.6 Å². The molecule has 1 rings (SSSR count). The molecule has 0 fully saturated rings. The van der Waals surface area contributed by atoms with E-state index in [0.717, 1.165) is 0 Å². The molecule has 0 spiro atoms. The van der Waals surface area contributed by atoms with Crippen LogP contribution in [-0.2, 0) is 11.3 Å². The van der Waals surface area contributed by atoms with Crippen molar-refractivity contribution in [3.05, 3.63) is 11.9 Å². The third-order valence-electron chi connectivity index (χ3n) is 1.97. The summed E-state index contributed by atoms with van der Waals surface area (Å²) in [5.74, 6) is -0.375. The molecule has 1 amide bonds. The number of nitrogens with zero attached hydrogens (tertiary/aromatic N) is 2. The smallest absolute Gasteiger partial charge is 0.271 e. The van der Waals surface area contributed by atoms with Crippen molar-refractivity contribution in [2.75, 3.05) is 32.7 Å². The average Bonchev–Trinajstić information content (AvgIpc) is 2.61. The first-order chi connectivity index (χ1) is 7.70. The molecule has 6 nitrogen and oxygen atoms in total. The third-order valence-corrected chi connectivity index (χ3v) is 1.97. The second-order valence-electron chi connectivity index (χ2n) is 3.11. The molecule has 0 atom stereocenters. The van der Waals surface area contributed by atoms with Crippen LogP contribution in [0.1, 0.15) is 10.5 Å². The van der Waals surface area contributed by atoms with Gasteiger partial charge < -0.3 is 15.8 Å². The van der Waals surface area contributed by atoms with Crippen LogP contribution in [0, 0.1) is 0 Å². The van der Waals surface area contributed by atoms with Crippen molar-refractivity contribution in [3.63, 3.8) is 0 Å². The van der Waals surface area contributed by atoms with E-state index in [1.165, 1.54) is 18.0 Å². The standard InChI is InChI=1S/C9H15FN4O2/c1-16-5-3-12-9(15)8-7(11)6-13-14(8)4-2-10/h6H,2-5,11H2,1H3,(H,12,15). The maximum Gasteiger partial charge on any atom is 0.271 e. The summed E-state index contributed by atoms with van der Waals surface area (Å²) in [4.78, 5) is 11.7. The Balaban J connectivity index is 2.69. The van der Waals surface area contributed by atoms with Crippen LogP contribution in [0.25, 0.3) is 0 Å². The molecule has 1 heterocycles. The van der Waals surface area contributed by atoms with E-state index < -0.39 is 6.67 Å². The minimum absolute atomic E-state index is 0.0181. The summed E-state index contributed by atoms with van der Waals surface area (Å²) in [7, 11) is 1.54. The Morgan fingerprint density at radius 3 is 3.12 bits per heavy atom. The van der Waals surface area contributed by atoms with Crippen LogP contribution < -0.4 is 11.1 Å². The van der Waals surface area contributed by atoms with Crippen molar-refractivity contribution in [1.29, 1.82) is 0 Å². The van der Waals surface area contributed by atoms with Gasteiger partial charge >= 0.3 is 0 Å². The van der Waals surface area contributed by atoms with Crippen LogP contribution >= 0.6 is 0 Å². The number of rotatable bonds is 6. The Kier molecular flexibility index (Phi) is 4.71. The predicted octanol–water partition coefficient (Wildman–Crippen LogP) is -0.189. The highest BCUT2D eigenvalue weighted by molar-refractivity contribution is 5.97. The van der Waals surface area contributed by atoms with Crippen molar-refractivity contribution in [2.45, 2.75) is 6.54 Å². The fourth-order valence-corrected chi connectivity index (χ4v) is 1.25. The van der Waals surface area contributed by atoms with E-state index in [-0.39, 0.29) is 23.8 Å². The minimum Gasteiger partial charge on any atom is -0.396 e. The molecular weight excluding hydrogens is 215 g/mol. The number of ether oxygens (including phenoxy) is 1. The van der Waals surface area contributed by atoms with E-state index in [1.807, 2.05) is 0 Å². The summed E-state index contributed by atoms with van der Waals surface area (Å²) >= 11 is 0. The van der Waals surface area contributed by atoms with Gasteiger partial charge in [0.25, 0.3) is 5.91 Å². The zero-order valence-corrected chi connectivity index (χ0v) is 9.07. The van der Waals surface area contributed by atoms with Gasteiger partial charge in [0.15, 0.2) is 0 Å². The van der Waals surface area contributed by atoms with Gasteiger partial charge in [-0.25, -0.2) is 4.39 Å². The quantitative estimate of drug-likeness (QED) is 0.664. The van der Waals surface area contributed by atoms with Gasteiger partial charge in [0.05, 0.1) is 25.0 Å². The lowest BCUT2D eigenvalue weighted by Crippen LogP contribution is -2.30. The number of aromatic nitrogens is 2. The molecule has 0 unspecified atom stereocenters. The number of anilines is 1. The zero-order valence-electron chi connectivity index (χ0n) is 9.07. The second-order valence-corrected chi connectivity index (χ2v) is 3.11. The van der Waals surface area contributed by atoms with E-state index >= 15 is 0 Å². The number of halogens is 1. The number of alkyl halides is 1. The third kappa shape index (κ3) is 2.93. The summed E-state index contributed by atoms with van der Waals surface area (Å²) in [6, 6.07) is 0. The Morgan fingerprint density at radius 2 is 2.50 bits per heavy atom. The normalized spacial score (nSPS) is 10.4. The maximum absolute atomic E-state index is 12.2. The van der Waals surface area contributed by atoms with Crippen molar-refractivity contribution in [1.82, 2.24) is 15.1 Å². The maximum atomic E-state index is 12.2. The first-order valence-electron chi connectivity index (χ1n) is 4.85. The Bertz CT molecular complexity index is 353. The second kappa shape index (κ2) is 6.06. The Hall–Kier alpha value is -1.63. The van der Waals surface area contributed by atoms with Gasteiger partial charge in [0.2, 0.25) is 0 Å². The molecule has 0 bridgehead atoms. The molecule has 0 radical (unpaired) electrons. The first kappa shape index (κ1) is 12.4. The molecular formula is C9H15FN4O2. The molecule has 0 aromatic carbocycles. The summed E-state index contributed by atoms with van der Waals surface area (Å²) in [5.41, 5.74) is 6.01. The molecule has 3 N–H and O–H groups in total. The van der Waals surface area contributed by atoms with Gasteiger partial charge in [0, 0.05) is 13.7 Å². The number of nitrogens with one attached hydrogen (secondary N) is 1. The molecule has 1 aromatic rings. The van der Waals surface area contributed by atoms with E-state index in [1.54, 1.807) is 0 Å². The first-order valence-corrected chi connectivity index (χ1v) is 4.85. The highest BCUT2D eigenvalue weighted by Gasteiger charge is 2.15. The molecule has 1 aromatic heterocycles. The number of carbonyl (C=O) groups excluding carboxylic acids is 1. The molecule has 0 aliphatic heterocycles. The highest BCUT2D eigenvalue weighted by atomic mass is 19.1. The SMILES string of the molecule is COCCNC(=O)c1c(N)cnn1CCF. The van der Waals surface area contributed by atoms with Gasteiger partial charge in [-0.2, -0.15) is 5.10 Å². The van der Waals surface area contributed by atoms with E-state index in [9.17, 15) is 9.18 Å². The van der Waals surface area contributed by atoms with Gasteiger partial charge in [-0.05, 0) is 0 Å². The van der Waals surface area contributed by atoms with Crippen LogP contribution in [0.3, 0.4) is 0 Å². The number of aryl methyl sites for hydroxylation is 1. The number of hydrogen-bond donors (Lipinski definition) is 2. The van der Waals surface area contributed by atoms with Crippen molar-refractivity contribution in [3.8, 4) is 0 Å². The number of methoxy groups -OCH3 is 1. The number of amides is 1. The largest absolute Gasteiger partial charge is 0.396 e. The minimum atomic E-state index is -0.598. The molecule has 90 valence electrons. The zero-order chi connectivity index (χ0) is 12.0. The Labute approximate surface area is 92.6 Å². The van der Waals surface area contributed by atoms with Crippen molar-refractivity contribution < 1.29 is 13.9 Å². The summed E-state index contributed by atoms with van der Waals surface area (Å²) in [6.07, 6.45) is 1.33. The summed E-state index contributed by atoms with van der Waals surface area (Å²) in [6.45, 7) is 0.197.